The topological polar surface area (TPSA) is 271 Å². The quantitative estimate of drug-likeness (QED) is 0.0992. The Morgan fingerprint density at radius 1 is 0.743 bits per heavy atom. The van der Waals surface area contributed by atoms with Crippen LogP contribution in [0.3, 0.4) is 0 Å². The molecule has 0 saturated carbocycles. The van der Waals surface area contributed by atoms with E-state index in [2.05, 4.69) is 16.0 Å². The molecule has 4 unspecified atom stereocenters. The van der Waals surface area contributed by atoms with Crippen LogP contribution < -0.4 is 27.0 Å². The third-order valence-electron chi connectivity index (χ3n) is 4.42. The third-order valence-corrected chi connectivity index (χ3v) is 4.42. The number of primary amides is 1. The minimum Gasteiger partial charge on any atom is -0.481 e. The normalized spacial score (nSPS) is 13.9. The number of urea groups is 1. The van der Waals surface area contributed by atoms with Gasteiger partial charge in [-0.15, -0.1) is 0 Å². The SMILES string of the molecule is CC(C)C(NC(=O)C(CCC(=O)O)NC(=O)C(CC(=O)O)NC(N)=O)C(=O)NC(C=O)CC(=O)O. The van der Waals surface area contributed by atoms with Gasteiger partial charge >= 0.3 is 23.9 Å². The minimum atomic E-state index is -1.68. The lowest BCUT2D eigenvalue weighted by Crippen LogP contribution is -2.59. The second-order valence-electron chi connectivity index (χ2n) is 7.73. The van der Waals surface area contributed by atoms with Gasteiger partial charge in [-0.05, 0) is 12.3 Å². The second kappa shape index (κ2) is 14.8. The van der Waals surface area contributed by atoms with Crippen LogP contribution in [-0.4, -0.2) is 87.4 Å². The van der Waals surface area contributed by atoms with Gasteiger partial charge in [0, 0.05) is 6.42 Å². The fraction of sp³-hybridized carbons (Fsp3) is 0.579. The van der Waals surface area contributed by atoms with Crippen LogP contribution in [-0.2, 0) is 33.6 Å². The van der Waals surface area contributed by atoms with Crippen molar-refractivity contribution in [3.63, 3.8) is 0 Å². The van der Waals surface area contributed by atoms with Gasteiger partial charge in [0.25, 0.3) is 0 Å². The molecule has 0 saturated heterocycles. The van der Waals surface area contributed by atoms with Crippen LogP contribution in [0.25, 0.3) is 0 Å². The predicted octanol–water partition coefficient (Wildman–Crippen LogP) is -2.85. The number of carbonyl (C=O) groups is 8. The zero-order valence-electron chi connectivity index (χ0n) is 19.0. The van der Waals surface area contributed by atoms with Crippen molar-refractivity contribution >= 4 is 47.9 Å². The monoisotopic (exact) mass is 503 g/mol. The number of nitrogens with one attached hydrogen (secondary N) is 4. The van der Waals surface area contributed by atoms with E-state index in [0.29, 0.717) is 0 Å². The second-order valence-corrected chi connectivity index (χ2v) is 7.73. The molecular weight excluding hydrogens is 474 g/mol. The maximum absolute atomic E-state index is 12.8. The van der Waals surface area contributed by atoms with E-state index in [1.165, 1.54) is 13.8 Å². The van der Waals surface area contributed by atoms with Crippen molar-refractivity contribution in [2.75, 3.05) is 0 Å². The standard InChI is InChI=1S/C19H29N5O11/c1-8(2)15(18(34)21-9(7-25)5-13(28)29)24-16(32)10(3-4-12(26)27)22-17(33)11(6-14(30)31)23-19(20)35/h7-11,15H,3-6H2,1-2H3,(H,21,34)(H,22,33)(H,24,32)(H,26,27)(H,28,29)(H,30,31)(H3,20,23,35). The lowest BCUT2D eigenvalue weighted by molar-refractivity contribution is -0.141. The summed E-state index contributed by atoms with van der Waals surface area (Å²) < 4.78 is 0. The molecular formula is C19H29N5O11. The van der Waals surface area contributed by atoms with E-state index in [0.717, 1.165) is 0 Å². The fourth-order valence-electron chi connectivity index (χ4n) is 2.75. The number of amides is 5. The van der Waals surface area contributed by atoms with Crippen LogP contribution in [0, 0.1) is 5.92 Å². The molecule has 9 N–H and O–H groups in total. The van der Waals surface area contributed by atoms with Crippen LogP contribution in [0.4, 0.5) is 4.79 Å². The summed E-state index contributed by atoms with van der Waals surface area (Å²) in [6, 6.07) is -7.17. The lowest BCUT2D eigenvalue weighted by Gasteiger charge is -2.27. The average Bonchev–Trinajstić information content (AvgIpc) is 2.71. The number of carbonyl (C=O) groups excluding carboxylic acids is 5. The number of hydrogen-bond acceptors (Lipinski definition) is 8. The third kappa shape index (κ3) is 12.5. The van der Waals surface area contributed by atoms with Gasteiger partial charge in [0.15, 0.2) is 0 Å². The van der Waals surface area contributed by atoms with E-state index in [1.54, 1.807) is 0 Å². The maximum Gasteiger partial charge on any atom is 0.312 e. The highest BCUT2D eigenvalue weighted by atomic mass is 16.4. The molecule has 4 atom stereocenters. The molecule has 0 heterocycles. The molecule has 0 spiro atoms. The van der Waals surface area contributed by atoms with Crippen LogP contribution in [0.15, 0.2) is 0 Å². The molecule has 0 fully saturated rings. The predicted molar refractivity (Wildman–Crippen MR) is 115 cm³/mol. The molecule has 0 aromatic carbocycles. The van der Waals surface area contributed by atoms with Gasteiger partial charge in [-0.3, -0.25) is 28.8 Å². The highest BCUT2D eigenvalue weighted by Crippen LogP contribution is 2.07. The summed E-state index contributed by atoms with van der Waals surface area (Å²) in [6.45, 7) is 3.03. The molecule has 0 aromatic heterocycles. The van der Waals surface area contributed by atoms with E-state index < -0.39 is 97.4 Å². The van der Waals surface area contributed by atoms with E-state index in [9.17, 15) is 38.4 Å². The number of rotatable bonds is 16. The Hall–Kier alpha value is -4.24. The summed E-state index contributed by atoms with van der Waals surface area (Å²) in [5.41, 5.74) is 4.92. The molecule has 196 valence electrons. The molecule has 0 aromatic rings. The summed E-state index contributed by atoms with van der Waals surface area (Å²) in [5.74, 6) is -7.84. The molecule has 16 heteroatoms. The Morgan fingerprint density at radius 3 is 1.71 bits per heavy atom. The highest BCUT2D eigenvalue weighted by Gasteiger charge is 2.32. The van der Waals surface area contributed by atoms with Crippen molar-refractivity contribution in [1.29, 1.82) is 0 Å². The molecule has 0 bridgehead atoms. The number of carboxylic acids is 3. The Bertz CT molecular complexity index is 829. The largest absolute Gasteiger partial charge is 0.481 e. The van der Waals surface area contributed by atoms with Crippen molar-refractivity contribution in [1.82, 2.24) is 21.3 Å². The molecule has 0 radical (unpaired) electrons. The molecule has 0 aliphatic rings. The first kappa shape index (κ1) is 30.8. The average molecular weight is 503 g/mol. The molecule has 0 aliphatic heterocycles. The Balaban J connectivity index is 5.66. The summed E-state index contributed by atoms with van der Waals surface area (Å²) in [4.78, 5) is 92.7. The van der Waals surface area contributed by atoms with E-state index in [1.807, 2.05) is 5.32 Å². The van der Waals surface area contributed by atoms with Gasteiger partial charge in [0.1, 0.15) is 24.4 Å². The van der Waals surface area contributed by atoms with Crippen LogP contribution in [0.1, 0.15) is 39.5 Å². The lowest BCUT2D eigenvalue weighted by atomic mass is 10.0. The van der Waals surface area contributed by atoms with Gasteiger partial charge in [-0.1, -0.05) is 13.8 Å². The van der Waals surface area contributed by atoms with Gasteiger partial charge in [-0.25, -0.2) is 4.79 Å². The van der Waals surface area contributed by atoms with Gasteiger partial charge in [-0.2, -0.15) is 0 Å². The van der Waals surface area contributed by atoms with E-state index >= 15 is 0 Å². The minimum absolute atomic E-state index is 0.204. The van der Waals surface area contributed by atoms with Crippen molar-refractivity contribution in [3.05, 3.63) is 0 Å². The number of hydrogen-bond donors (Lipinski definition) is 8. The van der Waals surface area contributed by atoms with Crippen LogP contribution >= 0.6 is 0 Å². The first-order valence-corrected chi connectivity index (χ1v) is 10.3. The van der Waals surface area contributed by atoms with Crippen LogP contribution in [0.5, 0.6) is 0 Å². The van der Waals surface area contributed by atoms with Gasteiger partial charge in [0.05, 0.1) is 18.9 Å². The van der Waals surface area contributed by atoms with Crippen LogP contribution in [0.2, 0.25) is 0 Å². The summed E-state index contributed by atoms with van der Waals surface area (Å²) in [5, 5.41) is 35.1. The maximum atomic E-state index is 12.8. The first-order valence-electron chi connectivity index (χ1n) is 10.3. The highest BCUT2D eigenvalue weighted by molar-refractivity contribution is 5.96. The summed E-state index contributed by atoms with van der Waals surface area (Å²) in [6.07, 6.45) is -2.46. The van der Waals surface area contributed by atoms with Gasteiger partial charge < -0.3 is 47.1 Å². The Kier molecular flexibility index (Phi) is 13.0. The van der Waals surface area contributed by atoms with Gasteiger partial charge in [0.2, 0.25) is 17.7 Å². The first-order chi connectivity index (χ1) is 16.2. The molecule has 0 rings (SSSR count). The zero-order chi connectivity index (χ0) is 27.3. The van der Waals surface area contributed by atoms with Crippen molar-refractivity contribution in [2.24, 2.45) is 11.7 Å². The summed E-state index contributed by atoms with van der Waals surface area (Å²) >= 11 is 0. The Morgan fingerprint density at radius 2 is 1.29 bits per heavy atom. The molecule has 35 heavy (non-hydrogen) atoms. The molecule has 0 aliphatic carbocycles. The smallest absolute Gasteiger partial charge is 0.312 e. The number of aldehydes is 1. The zero-order valence-corrected chi connectivity index (χ0v) is 19.0. The Labute approximate surface area is 199 Å². The number of nitrogens with two attached hydrogens (primary N) is 1. The van der Waals surface area contributed by atoms with E-state index in [-0.39, 0.29) is 6.29 Å². The van der Waals surface area contributed by atoms with E-state index in [4.69, 9.17) is 21.1 Å². The fourth-order valence-corrected chi connectivity index (χ4v) is 2.75. The van der Waals surface area contributed by atoms with Crippen molar-refractivity contribution in [3.8, 4) is 0 Å². The summed E-state index contributed by atoms with van der Waals surface area (Å²) in [7, 11) is 0. The molecule has 5 amide bonds. The number of carboxylic acid groups (broad SMARTS) is 3. The van der Waals surface area contributed by atoms with Crippen molar-refractivity contribution < 1.29 is 53.7 Å². The van der Waals surface area contributed by atoms with Crippen molar-refractivity contribution in [2.45, 2.75) is 63.7 Å². The number of aliphatic carboxylic acids is 3. The molecule has 16 nitrogen and oxygen atoms in total.